The summed E-state index contributed by atoms with van der Waals surface area (Å²) in [6, 6.07) is 0.331. The first-order chi connectivity index (χ1) is 9.60. The van der Waals surface area contributed by atoms with E-state index in [2.05, 4.69) is 12.2 Å². The van der Waals surface area contributed by atoms with E-state index in [-0.39, 0.29) is 11.8 Å². The summed E-state index contributed by atoms with van der Waals surface area (Å²) >= 11 is 0. The fourth-order valence-corrected chi connectivity index (χ4v) is 3.84. The van der Waals surface area contributed by atoms with Crippen molar-refractivity contribution >= 4 is 11.9 Å². The zero-order valence-electron chi connectivity index (χ0n) is 12.2. The fourth-order valence-electron chi connectivity index (χ4n) is 3.84. The molecule has 1 amide bonds. The Morgan fingerprint density at radius 1 is 1.10 bits per heavy atom. The molecule has 3 fully saturated rings. The number of carbonyl (C=O) groups is 2. The molecule has 0 aliphatic heterocycles. The van der Waals surface area contributed by atoms with Crippen LogP contribution in [-0.2, 0) is 9.59 Å². The minimum Gasteiger partial charge on any atom is -0.481 e. The molecule has 0 spiro atoms. The molecule has 3 saturated carbocycles. The molecule has 0 aromatic heterocycles. The van der Waals surface area contributed by atoms with E-state index in [4.69, 9.17) is 0 Å². The van der Waals surface area contributed by atoms with Gasteiger partial charge in [-0.3, -0.25) is 9.59 Å². The van der Waals surface area contributed by atoms with Gasteiger partial charge in [-0.25, -0.2) is 0 Å². The Morgan fingerprint density at radius 3 is 2.10 bits per heavy atom. The van der Waals surface area contributed by atoms with Crippen LogP contribution in [0.3, 0.4) is 0 Å². The van der Waals surface area contributed by atoms with Crippen molar-refractivity contribution in [2.45, 2.75) is 57.9 Å². The number of amides is 1. The van der Waals surface area contributed by atoms with Gasteiger partial charge in [0.05, 0.1) is 11.8 Å². The van der Waals surface area contributed by atoms with E-state index < -0.39 is 11.9 Å². The standard InChI is InChI=1S/C16H25NO3/c1-2-9-7-12(13(8-9)16(19)20)15(18)17-14(10-3-4-10)11-5-6-11/h9-14H,2-8H2,1H3,(H,17,18)(H,19,20). The molecule has 2 N–H and O–H groups in total. The molecule has 3 unspecified atom stereocenters. The van der Waals surface area contributed by atoms with Gasteiger partial charge in [-0.05, 0) is 56.3 Å². The number of hydrogen-bond donors (Lipinski definition) is 2. The average molecular weight is 279 g/mol. The highest BCUT2D eigenvalue weighted by Crippen LogP contribution is 2.45. The van der Waals surface area contributed by atoms with E-state index in [1.165, 1.54) is 25.7 Å². The number of nitrogens with one attached hydrogen (secondary N) is 1. The molecule has 4 heteroatoms. The summed E-state index contributed by atoms with van der Waals surface area (Å²) in [7, 11) is 0. The van der Waals surface area contributed by atoms with Crippen LogP contribution in [0, 0.1) is 29.6 Å². The number of carboxylic acids is 1. The minimum atomic E-state index is -0.796. The topological polar surface area (TPSA) is 66.4 Å². The van der Waals surface area contributed by atoms with Crippen LogP contribution in [-0.4, -0.2) is 23.0 Å². The second-order valence-electron chi connectivity index (χ2n) is 7.01. The quantitative estimate of drug-likeness (QED) is 0.784. The maximum absolute atomic E-state index is 12.5. The Bertz CT molecular complexity index is 389. The maximum Gasteiger partial charge on any atom is 0.307 e. The van der Waals surface area contributed by atoms with Crippen LogP contribution in [0.1, 0.15) is 51.9 Å². The SMILES string of the molecule is CCC1CC(C(=O)O)C(C(=O)NC(C2CC2)C2CC2)C1. The highest BCUT2D eigenvalue weighted by atomic mass is 16.4. The Hall–Kier alpha value is -1.06. The summed E-state index contributed by atoms with van der Waals surface area (Å²) in [5.74, 6) is 0.160. The van der Waals surface area contributed by atoms with Crippen molar-refractivity contribution in [3.05, 3.63) is 0 Å². The van der Waals surface area contributed by atoms with Gasteiger partial charge in [0, 0.05) is 6.04 Å². The smallest absolute Gasteiger partial charge is 0.307 e. The van der Waals surface area contributed by atoms with Crippen molar-refractivity contribution in [3.8, 4) is 0 Å². The van der Waals surface area contributed by atoms with Gasteiger partial charge < -0.3 is 10.4 Å². The van der Waals surface area contributed by atoms with Gasteiger partial charge in [-0.1, -0.05) is 13.3 Å². The molecular weight excluding hydrogens is 254 g/mol. The van der Waals surface area contributed by atoms with Gasteiger partial charge in [-0.2, -0.15) is 0 Å². The Balaban J connectivity index is 1.63. The van der Waals surface area contributed by atoms with E-state index in [0.717, 1.165) is 12.8 Å². The number of carboxylic acid groups (broad SMARTS) is 1. The number of carbonyl (C=O) groups excluding carboxylic acids is 1. The second-order valence-corrected chi connectivity index (χ2v) is 7.01. The summed E-state index contributed by atoms with van der Waals surface area (Å²) in [6.07, 6.45) is 7.31. The Kier molecular flexibility index (Phi) is 3.74. The molecule has 3 aliphatic carbocycles. The van der Waals surface area contributed by atoms with Crippen molar-refractivity contribution < 1.29 is 14.7 Å². The van der Waals surface area contributed by atoms with Crippen molar-refractivity contribution in [1.82, 2.24) is 5.32 Å². The summed E-state index contributed by atoms with van der Waals surface area (Å²) in [5, 5.41) is 12.6. The first kappa shape index (κ1) is 13.9. The van der Waals surface area contributed by atoms with Gasteiger partial charge in [-0.15, -0.1) is 0 Å². The van der Waals surface area contributed by atoms with Gasteiger partial charge in [0.1, 0.15) is 0 Å². The van der Waals surface area contributed by atoms with Crippen LogP contribution in [0.4, 0.5) is 0 Å². The van der Waals surface area contributed by atoms with Gasteiger partial charge in [0.2, 0.25) is 5.91 Å². The van der Waals surface area contributed by atoms with Crippen molar-refractivity contribution in [1.29, 1.82) is 0 Å². The summed E-state index contributed by atoms with van der Waals surface area (Å²) in [5.41, 5.74) is 0. The maximum atomic E-state index is 12.5. The van der Waals surface area contributed by atoms with Crippen LogP contribution in [0.25, 0.3) is 0 Å². The predicted octanol–water partition coefficient (Wildman–Crippen LogP) is 2.43. The van der Waals surface area contributed by atoms with E-state index in [0.29, 0.717) is 30.2 Å². The monoisotopic (exact) mass is 279 g/mol. The zero-order valence-corrected chi connectivity index (χ0v) is 12.2. The third-order valence-electron chi connectivity index (χ3n) is 5.46. The Labute approximate surface area is 120 Å². The third-order valence-corrected chi connectivity index (χ3v) is 5.46. The molecule has 0 heterocycles. The number of rotatable bonds is 6. The van der Waals surface area contributed by atoms with Gasteiger partial charge >= 0.3 is 5.97 Å². The molecule has 0 bridgehead atoms. The summed E-state index contributed by atoms with van der Waals surface area (Å²) in [4.78, 5) is 23.9. The van der Waals surface area contributed by atoms with Gasteiger partial charge in [0.15, 0.2) is 0 Å². The normalized spacial score (nSPS) is 33.4. The van der Waals surface area contributed by atoms with Crippen molar-refractivity contribution in [3.63, 3.8) is 0 Å². The van der Waals surface area contributed by atoms with Crippen LogP contribution >= 0.6 is 0 Å². The van der Waals surface area contributed by atoms with Crippen LogP contribution in [0.2, 0.25) is 0 Å². The molecular formula is C16H25NO3. The van der Waals surface area contributed by atoms with Crippen molar-refractivity contribution in [2.75, 3.05) is 0 Å². The highest BCUT2D eigenvalue weighted by molar-refractivity contribution is 5.85. The molecule has 3 aliphatic rings. The lowest BCUT2D eigenvalue weighted by molar-refractivity contribution is -0.146. The molecule has 0 aromatic carbocycles. The molecule has 0 aromatic rings. The molecule has 3 atom stereocenters. The highest BCUT2D eigenvalue weighted by Gasteiger charge is 2.46. The zero-order chi connectivity index (χ0) is 14.3. The molecule has 20 heavy (non-hydrogen) atoms. The lowest BCUT2D eigenvalue weighted by atomic mass is 9.94. The molecule has 112 valence electrons. The van der Waals surface area contributed by atoms with E-state index in [1.807, 2.05) is 0 Å². The largest absolute Gasteiger partial charge is 0.481 e. The van der Waals surface area contributed by atoms with E-state index in [1.54, 1.807) is 0 Å². The Morgan fingerprint density at radius 2 is 1.65 bits per heavy atom. The van der Waals surface area contributed by atoms with Crippen LogP contribution in [0.15, 0.2) is 0 Å². The minimum absolute atomic E-state index is 0.0112. The van der Waals surface area contributed by atoms with E-state index in [9.17, 15) is 14.7 Å². The van der Waals surface area contributed by atoms with E-state index >= 15 is 0 Å². The summed E-state index contributed by atoms with van der Waals surface area (Å²) in [6.45, 7) is 2.08. The fraction of sp³-hybridized carbons (Fsp3) is 0.875. The molecule has 0 radical (unpaired) electrons. The lowest BCUT2D eigenvalue weighted by Gasteiger charge is -2.22. The molecule has 4 nitrogen and oxygen atoms in total. The van der Waals surface area contributed by atoms with Crippen molar-refractivity contribution in [2.24, 2.45) is 29.6 Å². The van der Waals surface area contributed by atoms with Crippen LogP contribution < -0.4 is 5.32 Å². The summed E-state index contributed by atoms with van der Waals surface area (Å²) < 4.78 is 0. The average Bonchev–Trinajstić information content (AvgIpc) is 3.32. The van der Waals surface area contributed by atoms with Gasteiger partial charge in [0.25, 0.3) is 0 Å². The molecule has 3 rings (SSSR count). The number of aliphatic carboxylic acids is 1. The first-order valence-corrected chi connectivity index (χ1v) is 8.13. The molecule has 0 saturated heterocycles. The number of hydrogen-bond acceptors (Lipinski definition) is 2. The lowest BCUT2D eigenvalue weighted by Crippen LogP contribution is -2.43. The van der Waals surface area contributed by atoms with Crippen LogP contribution in [0.5, 0.6) is 0 Å². The second kappa shape index (κ2) is 5.38. The third kappa shape index (κ3) is 2.84. The first-order valence-electron chi connectivity index (χ1n) is 8.13. The predicted molar refractivity (Wildman–Crippen MR) is 75.0 cm³/mol.